The second kappa shape index (κ2) is 4.91. The van der Waals surface area contributed by atoms with Crippen LogP contribution in [-0.2, 0) is 13.2 Å². The van der Waals surface area contributed by atoms with Crippen LogP contribution in [-0.4, -0.2) is 9.55 Å². The summed E-state index contributed by atoms with van der Waals surface area (Å²) in [6.45, 7) is 5.38. The number of nitrogens with two attached hydrogens (primary N) is 1. The highest BCUT2D eigenvalue weighted by molar-refractivity contribution is 5.28. The van der Waals surface area contributed by atoms with Crippen LogP contribution in [0.1, 0.15) is 18.3 Å². The molecule has 0 radical (unpaired) electrons. The van der Waals surface area contributed by atoms with Crippen molar-refractivity contribution in [3.05, 3.63) is 41.9 Å². The van der Waals surface area contributed by atoms with Crippen molar-refractivity contribution in [1.82, 2.24) is 9.55 Å². The Labute approximate surface area is 101 Å². The Morgan fingerprint density at radius 1 is 1.41 bits per heavy atom. The average molecular weight is 231 g/mol. The van der Waals surface area contributed by atoms with Gasteiger partial charge in [-0.05, 0) is 31.5 Å². The summed E-state index contributed by atoms with van der Waals surface area (Å²) in [6.07, 6.45) is 1.83. The molecule has 0 saturated carbocycles. The Kier molecular flexibility index (Phi) is 3.32. The molecule has 0 atom stereocenters. The van der Waals surface area contributed by atoms with Crippen LogP contribution in [0.2, 0.25) is 0 Å². The lowest BCUT2D eigenvalue weighted by atomic mass is 10.2. The van der Waals surface area contributed by atoms with Gasteiger partial charge in [0.25, 0.3) is 0 Å². The molecule has 0 aliphatic rings. The molecule has 0 bridgehead atoms. The predicted molar refractivity (Wildman–Crippen MR) is 67.8 cm³/mol. The summed E-state index contributed by atoms with van der Waals surface area (Å²) < 4.78 is 7.68. The molecule has 0 aliphatic carbocycles. The summed E-state index contributed by atoms with van der Waals surface area (Å²) in [6, 6.07) is 7.96. The van der Waals surface area contributed by atoms with Crippen LogP contribution in [0.15, 0.2) is 30.5 Å². The fourth-order valence-corrected chi connectivity index (χ4v) is 1.72. The zero-order valence-corrected chi connectivity index (χ0v) is 10.2. The molecule has 4 nitrogen and oxygen atoms in total. The molecule has 1 aromatic carbocycles. The molecular weight excluding hydrogens is 214 g/mol. The van der Waals surface area contributed by atoms with Crippen molar-refractivity contribution in [3.8, 4) is 5.75 Å². The fraction of sp³-hybridized carbons (Fsp3) is 0.308. The van der Waals surface area contributed by atoms with Gasteiger partial charge in [-0.25, -0.2) is 4.98 Å². The van der Waals surface area contributed by atoms with E-state index in [2.05, 4.69) is 11.9 Å². The van der Waals surface area contributed by atoms with Crippen molar-refractivity contribution in [2.24, 2.45) is 0 Å². The van der Waals surface area contributed by atoms with E-state index in [1.165, 1.54) is 5.56 Å². The number of hydrogen-bond donors (Lipinski definition) is 1. The van der Waals surface area contributed by atoms with Crippen molar-refractivity contribution in [2.75, 3.05) is 5.73 Å². The minimum absolute atomic E-state index is 0.439. The number of aromatic nitrogens is 2. The number of hydrogen-bond acceptors (Lipinski definition) is 3. The molecule has 0 spiro atoms. The molecule has 2 aromatic rings. The molecule has 0 aliphatic heterocycles. The molecule has 4 heteroatoms. The van der Waals surface area contributed by atoms with Crippen molar-refractivity contribution in [3.63, 3.8) is 0 Å². The highest BCUT2D eigenvalue weighted by Gasteiger charge is 2.05. The predicted octanol–water partition coefficient (Wildman–Crippen LogP) is 2.37. The van der Waals surface area contributed by atoms with E-state index in [0.717, 1.165) is 18.1 Å². The molecule has 2 N–H and O–H groups in total. The summed E-state index contributed by atoms with van der Waals surface area (Å²) >= 11 is 0. The first-order chi connectivity index (χ1) is 8.19. The average Bonchev–Trinajstić information content (AvgIpc) is 2.67. The van der Waals surface area contributed by atoms with Gasteiger partial charge in [-0.15, -0.1) is 0 Å². The number of nitrogens with zero attached hydrogens (tertiary/aromatic N) is 2. The van der Waals surface area contributed by atoms with Crippen molar-refractivity contribution in [2.45, 2.75) is 27.0 Å². The van der Waals surface area contributed by atoms with E-state index in [1.54, 1.807) is 0 Å². The topological polar surface area (TPSA) is 53.1 Å². The van der Waals surface area contributed by atoms with Gasteiger partial charge in [0, 0.05) is 12.7 Å². The number of benzene rings is 1. The SMILES string of the molecule is CCn1cc(N)nc1COc1cccc(C)c1. The van der Waals surface area contributed by atoms with Gasteiger partial charge in [0.2, 0.25) is 0 Å². The van der Waals surface area contributed by atoms with Crippen LogP contribution in [0.5, 0.6) is 5.75 Å². The molecule has 1 heterocycles. The minimum Gasteiger partial charge on any atom is -0.486 e. The summed E-state index contributed by atoms with van der Waals surface area (Å²) in [5.41, 5.74) is 6.84. The molecule has 1 aromatic heterocycles. The zero-order chi connectivity index (χ0) is 12.3. The number of ether oxygens (including phenoxy) is 1. The quantitative estimate of drug-likeness (QED) is 0.878. The van der Waals surface area contributed by atoms with E-state index in [9.17, 15) is 0 Å². The van der Waals surface area contributed by atoms with Crippen molar-refractivity contribution < 1.29 is 4.74 Å². The third-order valence-electron chi connectivity index (χ3n) is 2.58. The first kappa shape index (κ1) is 11.5. The Hall–Kier alpha value is -1.97. The third kappa shape index (κ3) is 2.78. The summed E-state index contributed by atoms with van der Waals surface area (Å²) in [5.74, 6) is 2.25. The van der Waals surface area contributed by atoms with Crippen LogP contribution >= 0.6 is 0 Å². The van der Waals surface area contributed by atoms with Gasteiger partial charge in [-0.1, -0.05) is 12.1 Å². The van der Waals surface area contributed by atoms with Gasteiger partial charge in [0.1, 0.15) is 24.0 Å². The molecule has 90 valence electrons. The fourth-order valence-electron chi connectivity index (χ4n) is 1.72. The number of aryl methyl sites for hydroxylation is 2. The van der Waals surface area contributed by atoms with E-state index in [1.807, 2.05) is 42.0 Å². The van der Waals surface area contributed by atoms with Gasteiger partial charge < -0.3 is 15.0 Å². The Morgan fingerprint density at radius 3 is 2.94 bits per heavy atom. The normalized spacial score (nSPS) is 10.5. The van der Waals surface area contributed by atoms with Crippen LogP contribution in [0.3, 0.4) is 0 Å². The maximum absolute atomic E-state index is 5.69. The first-order valence-electron chi connectivity index (χ1n) is 5.70. The van der Waals surface area contributed by atoms with E-state index in [4.69, 9.17) is 10.5 Å². The zero-order valence-electron chi connectivity index (χ0n) is 10.2. The Morgan fingerprint density at radius 2 is 2.24 bits per heavy atom. The summed E-state index contributed by atoms with van der Waals surface area (Å²) in [7, 11) is 0. The van der Waals surface area contributed by atoms with Gasteiger partial charge in [0.15, 0.2) is 0 Å². The van der Waals surface area contributed by atoms with Gasteiger partial charge in [-0.2, -0.15) is 0 Å². The van der Waals surface area contributed by atoms with Crippen molar-refractivity contribution >= 4 is 5.82 Å². The Bertz CT molecular complexity index is 505. The summed E-state index contributed by atoms with van der Waals surface area (Å²) in [5, 5.41) is 0. The lowest BCUT2D eigenvalue weighted by Crippen LogP contribution is -2.05. The van der Waals surface area contributed by atoms with Gasteiger partial charge >= 0.3 is 0 Å². The van der Waals surface area contributed by atoms with Crippen molar-refractivity contribution in [1.29, 1.82) is 0 Å². The number of anilines is 1. The van der Waals surface area contributed by atoms with Crippen LogP contribution in [0, 0.1) is 6.92 Å². The molecule has 0 fully saturated rings. The van der Waals surface area contributed by atoms with E-state index < -0.39 is 0 Å². The molecular formula is C13H17N3O. The van der Waals surface area contributed by atoms with E-state index in [-0.39, 0.29) is 0 Å². The van der Waals surface area contributed by atoms with E-state index >= 15 is 0 Å². The van der Waals surface area contributed by atoms with Gasteiger partial charge in [0.05, 0.1) is 0 Å². The highest BCUT2D eigenvalue weighted by atomic mass is 16.5. The molecule has 17 heavy (non-hydrogen) atoms. The van der Waals surface area contributed by atoms with Gasteiger partial charge in [-0.3, -0.25) is 0 Å². The maximum Gasteiger partial charge on any atom is 0.149 e. The lowest BCUT2D eigenvalue weighted by molar-refractivity contribution is 0.290. The molecule has 0 saturated heterocycles. The highest BCUT2D eigenvalue weighted by Crippen LogP contribution is 2.14. The second-order valence-electron chi connectivity index (χ2n) is 3.97. The van der Waals surface area contributed by atoms with Crippen LogP contribution < -0.4 is 10.5 Å². The largest absolute Gasteiger partial charge is 0.486 e. The smallest absolute Gasteiger partial charge is 0.149 e. The minimum atomic E-state index is 0.439. The standard InChI is InChI=1S/C13H17N3O/c1-3-16-8-12(14)15-13(16)9-17-11-6-4-5-10(2)7-11/h4-8H,3,9,14H2,1-2H3. The second-order valence-corrected chi connectivity index (χ2v) is 3.97. The summed E-state index contributed by atoms with van der Waals surface area (Å²) in [4.78, 5) is 4.23. The molecule has 0 amide bonds. The third-order valence-corrected chi connectivity index (χ3v) is 2.58. The number of imidazole rings is 1. The van der Waals surface area contributed by atoms with Crippen LogP contribution in [0.25, 0.3) is 0 Å². The number of rotatable bonds is 4. The van der Waals surface area contributed by atoms with E-state index in [0.29, 0.717) is 12.4 Å². The van der Waals surface area contributed by atoms with Crippen LogP contribution in [0.4, 0.5) is 5.82 Å². The number of nitrogen functional groups attached to an aromatic ring is 1. The Balaban J connectivity index is 2.06. The first-order valence-corrected chi connectivity index (χ1v) is 5.70. The molecule has 0 unspecified atom stereocenters. The monoisotopic (exact) mass is 231 g/mol. The lowest BCUT2D eigenvalue weighted by Gasteiger charge is -2.07. The molecule has 2 rings (SSSR count). The maximum atomic E-state index is 5.69.